The van der Waals surface area contributed by atoms with Crippen molar-refractivity contribution in [3.63, 3.8) is 0 Å². The van der Waals surface area contributed by atoms with Gasteiger partial charge in [0, 0.05) is 13.2 Å². The molecule has 0 saturated carbocycles. The molecule has 0 spiro atoms. The molecule has 0 aliphatic carbocycles. The van der Waals surface area contributed by atoms with E-state index in [1.807, 2.05) is 42.5 Å². The van der Waals surface area contributed by atoms with Crippen LogP contribution in [0.3, 0.4) is 0 Å². The maximum absolute atomic E-state index is 12.3. The highest BCUT2D eigenvalue weighted by atomic mass is 16.5. The van der Waals surface area contributed by atoms with Crippen LogP contribution < -0.4 is 5.32 Å². The number of rotatable bonds is 6. The van der Waals surface area contributed by atoms with Gasteiger partial charge >= 0.3 is 0 Å². The van der Waals surface area contributed by atoms with Gasteiger partial charge in [-0.1, -0.05) is 48.5 Å². The molecule has 1 aliphatic rings. The number of nitriles is 1. The molecule has 1 fully saturated rings. The number of fused-ring (bicyclic) bond motifs is 1. The summed E-state index contributed by atoms with van der Waals surface area (Å²) in [4.78, 5) is 24.5. The van der Waals surface area contributed by atoms with Crippen LogP contribution in [-0.4, -0.2) is 30.9 Å². The first-order chi connectivity index (χ1) is 12.7. The fourth-order valence-corrected chi connectivity index (χ4v) is 3.04. The standard InChI is InChI=1S/C21H20N2O3/c22-13-19(21(25)23-14-17-8-4-12-26-17)20(24)11-10-16-7-3-6-15-5-1-2-9-18(15)16/h1-3,5-7,9-11,17,19H,4,8,12,14H2,(H,23,25)/b11-10-/t17-,19+/m0/s1. The smallest absolute Gasteiger partial charge is 0.245 e. The van der Waals surface area contributed by atoms with Crippen molar-refractivity contribution in [1.82, 2.24) is 5.32 Å². The lowest BCUT2D eigenvalue weighted by molar-refractivity contribution is -0.129. The summed E-state index contributed by atoms with van der Waals surface area (Å²) < 4.78 is 5.43. The molecule has 0 radical (unpaired) electrons. The number of nitrogens with one attached hydrogen (secondary N) is 1. The average Bonchev–Trinajstić information content (AvgIpc) is 3.19. The van der Waals surface area contributed by atoms with Crippen LogP contribution in [-0.2, 0) is 14.3 Å². The summed E-state index contributed by atoms with van der Waals surface area (Å²) in [5.41, 5.74) is 0.868. The van der Waals surface area contributed by atoms with E-state index >= 15 is 0 Å². The number of benzene rings is 2. The number of ketones is 1. The summed E-state index contributed by atoms with van der Waals surface area (Å²) in [6, 6.07) is 15.4. The summed E-state index contributed by atoms with van der Waals surface area (Å²) in [6.07, 6.45) is 4.78. The first-order valence-electron chi connectivity index (χ1n) is 8.67. The number of nitrogens with zero attached hydrogens (tertiary/aromatic N) is 1. The average molecular weight is 348 g/mol. The van der Waals surface area contributed by atoms with Gasteiger partial charge in [-0.25, -0.2) is 0 Å². The van der Waals surface area contributed by atoms with Crippen LogP contribution in [0.4, 0.5) is 0 Å². The lowest BCUT2D eigenvalue weighted by Gasteiger charge is -2.12. The molecule has 2 aromatic rings. The van der Waals surface area contributed by atoms with Gasteiger partial charge < -0.3 is 10.1 Å². The topological polar surface area (TPSA) is 79.2 Å². The number of amides is 1. The first kappa shape index (κ1) is 17.8. The summed E-state index contributed by atoms with van der Waals surface area (Å²) in [6.45, 7) is 1.02. The number of carbonyl (C=O) groups is 2. The van der Waals surface area contributed by atoms with Gasteiger partial charge in [-0.2, -0.15) is 5.26 Å². The zero-order chi connectivity index (χ0) is 18.4. The molecular weight excluding hydrogens is 328 g/mol. The van der Waals surface area contributed by atoms with Crippen molar-refractivity contribution in [1.29, 1.82) is 5.26 Å². The monoisotopic (exact) mass is 348 g/mol. The molecule has 1 N–H and O–H groups in total. The van der Waals surface area contributed by atoms with Crippen molar-refractivity contribution in [3.8, 4) is 6.07 Å². The second-order valence-electron chi connectivity index (χ2n) is 6.25. The van der Waals surface area contributed by atoms with Crippen LogP contribution in [0.25, 0.3) is 16.8 Å². The van der Waals surface area contributed by atoms with Gasteiger partial charge in [-0.05, 0) is 35.3 Å². The predicted octanol–water partition coefficient (Wildman–Crippen LogP) is 2.86. The van der Waals surface area contributed by atoms with E-state index in [2.05, 4.69) is 5.32 Å². The number of ether oxygens (including phenoxy) is 1. The summed E-state index contributed by atoms with van der Waals surface area (Å²) in [5.74, 6) is -2.44. The third-order valence-corrected chi connectivity index (χ3v) is 4.45. The maximum atomic E-state index is 12.3. The largest absolute Gasteiger partial charge is 0.376 e. The fourth-order valence-electron chi connectivity index (χ4n) is 3.04. The quantitative estimate of drug-likeness (QED) is 0.643. The normalized spacial score (nSPS) is 17.9. The SMILES string of the molecule is N#C[C@H](C(=O)/C=C\c1cccc2ccccc12)C(=O)NC[C@@H]1CCCO1. The summed E-state index contributed by atoms with van der Waals surface area (Å²) in [7, 11) is 0. The molecule has 0 aromatic heterocycles. The zero-order valence-corrected chi connectivity index (χ0v) is 14.4. The highest BCUT2D eigenvalue weighted by Crippen LogP contribution is 2.20. The van der Waals surface area contributed by atoms with Crippen LogP contribution >= 0.6 is 0 Å². The molecule has 0 bridgehead atoms. The number of carbonyl (C=O) groups excluding carboxylic acids is 2. The van der Waals surface area contributed by atoms with Crippen molar-refractivity contribution < 1.29 is 14.3 Å². The highest BCUT2D eigenvalue weighted by molar-refractivity contribution is 6.11. The van der Waals surface area contributed by atoms with E-state index in [1.54, 1.807) is 12.1 Å². The molecule has 26 heavy (non-hydrogen) atoms. The molecular formula is C21H20N2O3. The molecule has 1 amide bonds. The van der Waals surface area contributed by atoms with E-state index in [0.717, 1.165) is 29.2 Å². The van der Waals surface area contributed by atoms with Crippen LogP contribution in [0.5, 0.6) is 0 Å². The van der Waals surface area contributed by atoms with Crippen molar-refractivity contribution in [2.24, 2.45) is 5.92 Å². The molecule has 132 valence electrons. The molecule has 3 rings (SSSR count). The number of hydrogen-bond donors (Lipinski definition) is 1. The summed E-state index contributed by atoms with van der Waals surface area (Å²) in [5, 5.41) is 13.9. The molecule has 1 saturated heterocycles. The second-order valence-corrected chi connectivity index (χ2v) is 6.25. The van der Waals surface area contributed by atoms with Gasteiger partial charge in [-0.3, -0.25) is 9.59 Å². The second kappa shape index (κ2) is 8.41. The molecule has 1 heterocycles. The Labute approximate surface area is 152 Å². The molecule has 0 unspecified atom stereocenters. The van der Waals surface area contributed by atoms with Crippen LogP contribution in [0, 0.1) is 17.2 Å². The minimum atomic E-state index is -1.34. The highest BCUT2D eigenvalue weighted by Gasteiger charge is 2.25. The van der Waals surface area contributed by atoms with Gasteiger partial charge in [-0.15, -0.1) is 0 Å². The number of hydrogen-bond acceptors (Lipinski definition) is 4. The third kappa shape index (κ3) is 4.16. The lowest BCUT2D eigenvalue weighted by Crippen LogP contribution is -2.38. The zero-order valence-electron chi connectivity index (χ0n) is 14.4. The van der Waals surface area contributed by atoms with Gasteiger partial charge in [0.25, 0.3) is 0 Å². The van der Waals surface area contributed by atoms with Crippen molar-refractivity contribution in [3.05, 3.63) is 54.1 Å². The van der Waals surface area contributed by atoms with Gasteiger partial charge in [0.2, 0.25) is 5.91 Å². The maximum Gasteiger partial charge on any atom is 0.245 e. The minimum Gasteiger partial charge on any atom is -0.376 e. The Morgan fingerprint density at radius 3 is 2.85 bits per heavy atom. The van der Waals surface area contributed by atoms with Crippen molar-refractivity contribution in [2.45, 2.75) is 18.9 Å². The van der Waals surface area contributed by atoms with Crippen molar-refractivity contribution >= 4 is 28.5 Å². The molecule has 5 heteroatoms. The Hall–Kier alpha value is -2.97. The molecule has 2 atom stereocenters. The minimum absolute atomic E-state index is 0.0281. The Morgan fingerprint density at radius 2 is 2.08 bits per heavy atom. The van der Waals surface area contributed by atoms with Crippen LogP contribution in [0.15, 0.2) is 48.5 Å². The van der Waals surface area contributed by atoms with E-state index in [4.69, 9.17) is 4.74 Å². The third-order valence-electron chi connectivity index (χ3n) is 4.45. The van der Waals surface area contributed by atoms with E-state index < -0.39 is 17.6 Å². The van der Waals surface area contributed by atoms with Crippen LogP contribution in [0.1, 0.15) is 18.4 Å². The Bertz CT molecular complexity index is 871. The van der Waals surface area contributed by atoms with Gasteiger partial charge in [0.15, 0.2) is 11.7 Å². The Morgan fingerprint density at radius 1 is 1.27 bits per heavy atom. The van der Waals surface area contributed by atoms with E-state index in [0.29, 0.717) is 13.2 Å². The lowest BCUT2D eigenvalue weighted by atomic mass is 10.0. The Kier molecular flexibility index (Phi) is 5.77. The molecule has 5 nitrogen and oxygen atoms in total. The van der Waals surface area contributed by atoms with Gasteiger partial charge in [0.1, 0.15) is 0 Å². The predicted molar refractivity (Wildman–Crippen MR) is 99.1 cm³/mol. The van der Waals surface area contributed by atoms with E-state index in [9.17, 15) is 14.9 Å². The van der Waals surface area contributed by atoms with Gasteiger partial charge in [0.05, 0.1) is 12.2 Å². The first-order valence-corrected chi connectivity index (χ1v) is 8.67. The van der Waals surface area contributed by atoms with Crippen molar-refractivity contribution in [2.75, 3.05) is 13.2 Å². The van der Waals surface area contributed by atoms with Crippen LogP contribution in [0.2, 0.25) is 0 Å². The Balaban J connectivity index is 1.67. The molecule has 1 aliphatic heterocycles. The van der Waals surface area contributed by atoms with E-state index in [1.165, 1.54) is 6.08 Å². The van der Waals surface area contributed by atoms with E-state index in [-0.39, 0.29) is 6.10 Å². The fraction of sp³-hybridized carbons (Fsp3) is 0.286. The number of allylic oxidation sites excluding steroid dienone is 1. The summed E-state index contributed by atoms with van der Waals surface area (Å²) >= 11 is 0. The molecule has 2 aromatic carbocycles.